The van der Waals surface area contributed by atoms with E-state index >= 15 is 0 Å². The van der Waals surface area contributed by atoms with E-state index in [1.54, 1.807) is 0 Å². The molecule has 130 valence electrons. The molecule has 0 aromatic carbocycles. The first-order valence-corrected chi connectivity index (χ1v) is 9.17. The third kappa shape index (κ3) is 3.87. The standard InChI is InChI=1S/C18H30N2O3/c1-14(2)9-17(22)20-12-18(13-20)7-6-15(11-23-18)10-19-8-4-3-5-16(19)21/h14-15H,3-13H2,1-2H3. The summed E-state index contributed by atoms with van der Waals surface area (Å²) in [4.78, 5) is 27.9. The molecule has 3 heterocycles. The number of nitrogens with zero attached hydrogens (tertiary/aromatic N) is 2. The van der Waals surface area contributed by atoms with E-state index in [1.807, 2.05) is 9.80 Å². The lowest BCUT2D eigenvalue weighted by Crippen LogP contribution is -2.66. The Morgan fingerprint density at radius 3 is 2.74 bits per heavy atom. The third-order valence-corrected chi connectivity index (χ3v) is 5.43. The van der Waals surface area contributed by atoms with Gasteiger partial charge in [0.15, 0.2) is 0 Å². The topological polar surface area (TPSA) is 49.9 Å². The third-order valence-electron chi connectivity index (χ3n) is 5.43. The number of hydrogen-bond donors (Lipinski definition) is 0. The van der Waals surface area contributed by atoms with Crippen molar-refractivity contribution in [1.29, 1.82) is 0 Å². The van der Waals surface area contributed by atoms with E-state index in [9.17, 15) is 9.59 Å². The number of rotatable bonds is 4. The van der Waals surface area contributed by atoms with Gasteiger partial charge in [0.1, 0.15) is 5.60 Å². The zero-order valence-electron chi connectivity index (χ0n) is 14.6. The summed E-state index contributed by atoms with van der Waals surface area (Å²) in [6.45, 7) is 8.18. The molecule has 0 radical (unpaired) electrons. The second kappa shape index (κ2) is 6.80. The largest absolute Gasteiger partial charge is 0.371 e. The molecule has 3 saturated heterocycles. The van der Waals surface area contributed by atoms with Crippen LogP contribution in [0.15, 0.2) is 0 Å². The lowest BCUT2D eigenvalue weighted by molar-refractivity contribution is -0.190. The predicted molar refractivity (Wildman–Crippen MR) is 87.9 cm³/mol. The van der Waals surface area contributed by atoms with Gasteiger partial charge in [-0.15, -0.1) is 0 Å². The van der Waals surface area contributed by atoms with Crippen LogP contribution in [0.5, 0.6) is 0 Å². The van der Waals surface area contributed by atoms with Crippen LogP contribution >= 0.6 is 0 Å². The zero-order chi connectivity index (χ0) is 16.4. The van der Waals surface area contributed by atoms with Crippen LogP contribution in [0, 0.1) is 11.8 Å². The van der Waals surface area contributed by atoms with Crippen molar-refractivity contribution in [2.24, 2.45) is 11.8 Å². The molecule has 5 heteroatoms. The van der Waals surface area contributed by atoms with Crippen molar-refractivity contribution in [2.45, 2.75) is 58.0 Å². The summed E-state index contributed by atoms with van der Waals surface area (Å²) >= 11 is 0. The molecule has 1 unspecified atom stereocenters. The molecule has 3 aliphatic rings. The SMILES string of the molecule is CC(C)CC(=O)N1CC2(CCC(CN3CCCCC3=O)CO2)C1. The van der Waals surface area contributed by atoms with Crippen molar-refractivity contribution in [3.63, 3.8) is 0 Å². The van der Waals surface area contributed by atoms with Crippen LogP contribution in [0.4, 0.5) is 0 Å². The maximum absolute atomic E-state index is 12.1. The van der Waals surface area contributed by atoms with Gasteiger partial charge in [-0.3, -0.25) is 9.59 Å². The highest BCUT2D eigenvalue weighted by molar-refractivity contribution is 5.77. The zero-order valence-corrected chi connectivity index (χ0v) is 14.6. The highest BCUT2D eigenvalue weighted by atomic mass is 16.5. The molecule has 0 saturated carbocycles. The second-order valence-electron chi connectivity index (χ2n) is 8.04. The van der Waals surface area contributed by atoms with Gasteiger partial charge in [-0.2, -0.15) is 0 Å². The van der Waals surface area contributed by atoms with E-state index < -0.39 is 0 Å². The van der Waals surface area contributed by atoms with Crippen molar-refractivity contribution in [3.05, 3.63) is 0 Å². The van der Waals surface area contributed by atoms with Gasteiger partial charge >= 0.3 is 0 Å². The number of ether oxygens (including phenoxy) is 1. The quantitative estimate of drug-likeness (QED) is 0.796. The highest BCUT2D eigenvalue weighted by Crippen LogP contribution is 2.37. The van der Waals surface area contributed by atoms with Gasteiger partial charge < -0.3 is 14.5 Å². The van der Waals surface area contributed by atoms with Gasteiger partial charge in [-0.1, -0.05) is 13.8 Å². The van der Waals surface area contributed by atoms with E-state index in [4.69, 9.17) is 4.74 Å². The van der Waals surface area contributed by atoms with Crippen LogP contribution < -0.4 is 0 Å². The molecule has 3 fully saturated rings. The van der Waals surface area contributed by atoms with Gasteiger partial charge in [-0.25, -0.2) is 0 Å². The Morgan fingerprint density at radius 1 is 1.35 bits per heavy atom. The predicted octanol–water partition coefficient (Wildman–Crippen LogP) is 2.05. The van der Waals surface area contributed by atoms with Crippen molar-refractivity contribution in [2.75, 3.05) is 32.8 Å². The molecule has 2 amide bonds. The van der Waals surface area contributed by atoms with Gasteiger partial charge in [0.05, 0.1) is 19.7 Å². The summed E-state index contributed by atoms with van der Waals surface area (Å²) in [5.41, 5.74) is -0.0882. The number of hydrogen-bond acceptors (Lipinski definition) is 3. The number of carbonyl (C=O) groups is 2. The Labute approximate surface area is 139 Å². The molecule has 3 rings (SSSR count). The average molecular weight is 322 g/mol. The van der Waals surface area contributed by atoms with E-state index in [0.717, 1.165) is 58.5 Å². The first-order valence-electron chi connectivity index (χ1n) is 9.17. The molecule has 0 aromatic rings. The molecule has 23 heavy (non-hydrogen) atoms. The summed E-state index contributed by atoms with van der Waals surface area (Å²) in [7, 11) is 0. The van der Waals surface area contributed by atoms with Crippen molar-refractivity contribution in [1.82, 2.24) is 9.80 Å². The number of piperidine rings is 1. The van der Waals surface area contributed by atoms with E-state index in [1.165, 1.54) is 0 Å². The van der Waals surface area contributed by atoms with Crippen LogP contribution in [0.3, 0.4) is 0 Å². The summed E-state index contributed by atoms with van der Waals surface area (Å²) in [6.07, 6.45) is 5.65. The Morgan fingerprint density at radius 2 is 2.13 bits per heavy atom. The molecule has 5 nitrogen and oxygen atoms in total. The van der Waals surface area contributed by atoms with Gasteiger partial charge in [0, 0.05) is 31.8 Å². The monoisotopic (exact) mass is 322 g/mol. The molecule has 3 aliphatic heterocycles. The number of carbonyl (C=O) groups excluding carboxylic acids is 2. The first-order chi connectivity index (χ1) is 11.0. The molecular formula is C18H30N2O3. The van der Waals surface area contributed by atoms with Crippen molar-refractivity contribution >= 4 is 11.8 Å². The smallest absolute Gasteiger partial charge is 0.223 e. The minimum atomic E-state index is -0.0882. The molecule has 0 bridgehead atoms. The summed E-state index contributed by atoms with van der Waals surface area (Å²) < 4.78 is 6.14. The summed E-state index contributed by atoms with van der Waals surface area (Å²) in [6, 6.07) is 0. The van der Waals surface area contributed by atoms with E-state index in [-0.39, 0.29) is 11.5 Å². The highest BCUT2D eigenvalue weighted by Gasteiger charge is 2.48. The van der Waals surface area contributed by atoms with Crippen LogP contribution in [-0.4, -0.2) is 60.0 Å². The van der Waals surface area contributed by atoms with Crippen LogP contribution in [-0.2, 0) is 14.3 Å². The molecule has 0 N–H and O–H groups in total. The Balaban J connectivity index is 1.41. The van der Waals surface area contributed by atoms with Gasteiger partial charge in [-0.05, 0) is 31.6 Å². The van der Waals surface area contributed by atoms with Crippen LogP contribution in [0.25, 0.3) is 0 Å². The summed E-state index contributed by atoms with van der Waals surface area (Å²) in [5, 5.41) is 0. The Hall–Kier alpha value is -1.10. The Bertz CT molecular complexity index is 447. The maximum Gasteiger partial charge on any atom is 0.223 e. The molecule has 1 spiro atoms. The molecular weight excluding hydrogens is 292 g/mol. The number of amides is 2. The lowest BCUT2D eigenvalue weighted by atomic mass is 9.82. The lowest BCUT2D eigenvalue weighted by Gasteiger charge is -2.53. The fraction of sp³-hybridized carbons (Fsp3) is 0.889. The van der Waals surface area contributed by atoms with Crippen molar-refractivity contribution < 1.29 is 14.3 Å². The minimum absolute atomic E-state index is 0.0882. The van der Waals surface area contributed by atoms with Gasteiger partial charge in [0.2, 0.25) is 11.8 Å². The van der Waals surface area contributed by atoms with Gasteiger partial charge in [0.25, 0.3) is 0 Å². The Kier molecular flexibility index (Phi) is 4.95. The average Bonchev–Trinajstić information content (AvgIpc) is 2.47. The normalized spacial score (nSPS) is 27.4. The molecule has 1 atom stereocenters. The first kappa shape index (κ1) is 16.7. The van der Waals surface area contributed by atoms with Crippen molar-refractivity contribution in [3.8, 4) is 0 Å². The van der Waals surface area contributed by atoms with E-state index in [0.29, 0.717) is 30.6 Å². The summed E-state index contributed by atoms with van der Waals surface area (Å²) in [5.74, 6) is 1.45. The van der Waals surface area contributed by atoms with Crippen LogP contribution in [0.2, 0.25) is 0 Å². The number of likely N-dealkylation sites (tertiary alicyclic amines) is 2. The maximum atomic E-state index is 12.1. The molecule has 0 aliphatic carbocycles. The second-order valence-corrected chi connectivity index (χ2v) is 8.04. The fourth-order valence-electron chi connectivity index (χ4n) is 3.98. The fourth-order valence-corrected chi connectivity index (χ4v) is 3.98. The minimum Gasteiger partial charge on any atom is -0.371 e. The van der Waals surface area contributed by atoms with Crippen LogP contribution in [0.1, 0.15) is 52.4 Å². The van der Waals surface area contributed by atoms with E-state index in [2.05, 4.69) is 13.8 Å². The molecule has 0 aromatic heterocycles.